The molecule has 2 heterocycles. The number of nitrogens with zero attached hydrogens (tertiary/aromatic N) is 1. The van der Waals surface area contributed by atoms with Crippen LogP contribution in [-0.2, 0) is 22.4 Å². The van der Waals surface area contributed by atoms with Crippen LogP contribution in [0.3, 0.4) is 0 Å². The SMILES string of the molecule is Cc1c(C(=O)OCC(=O)Nc2sc3c(c2C#N)CC[C@H](C)C3)oc2ccccc12. The molecule has 0 bridgehead atoms. The van der Waals surface area contributed by atoms with E-state index in [-0.39, 0.29) is 5.76 Å². The van der Waals surface area contributed by atoms with Gasteiger partial charge in [0.05, 0.1) is 5.56 Å². The molecule has 29 heavy (non-hydrogen) atoms. The zero-order chi connectivity index (χ0) is 20.5. The van der Waals surface area contributed by atoms with Gasteiger partial charge < -0.3 is 14.5 Å². The average molecular weight is 408 g/mol. The lowest BCUT2D eigenvalue weighted by molar-refractivity contribution is -0.119. The van der Waals surface area contributed by atoms with Gasteiger partial charge >= 0.3 is 5.97 Å². The lowest BCUT2D eigenvalue weighted by atomic mass is 9.89. The third kappa shape index (κ3) is 3.64. The van der Waals surface area contributed by atoms with E-state index >= 15 is 0 Å². The van der Waals surface area contributed by atoms with Gasteiger partial charge in [0.1, 0.15) is 16.7 Å². The van der Waals surface area contributed by atoms with E-state index in [0.29, 0.717) is 27.6 Å². The summed E-state index contributed by atoms with van der Waals surface area (Å²) in [7, 11) is 0. The molecular weight excluding hydrogens is 388 g/mol. The number of para-hydroxylation sites is 1. The number of fused-ring (bicyclic) bond motifs is 2. The second-order valence-electron chi connectivity index (χ2n) is 7.34. The molecule has 3 aromatic rings. The summed E-state index contributed by atoms with van der Waals surface area (Å²) in [5.41, 5.74) is 2.85. The standard InChI is InChI=1S/C22H20N2O4S/c1-12-7-8-15-16(10-23)21(29-18(15)9-12)24-19(25)11-27-22(26)20-13(2)14-5-3-4-6-17(14)28-20/h3-6,12H,7-9,11H2,1-2H3,(H,24,25)/t12-/m0/s1. The minimum atomic E-state index is -0.686. The van der Waals surface area contributed by atoms with Crippen molar-refractivity contribution in [2.24, 2.45) is 5.92 Å². The summed E-state index contributed by atoms with van der Waals surface area (Å²) in [4.78, 5) is 25.9. The zero-order valence-corrected chi connectivity index (χ0v) is 17.0. The molecule has 4 rings (SSSR count). The first kappa shape index (κ1) is 19.2. The third-order valence-electron chi connectivity index (χ3n) is 5.24. The normalized spacial score (nSPS) is 15.6. The maximum absolute atomic E-state index is 12.4. The third-order valence-corrected chi connectivity index (χ3v) is 6.41. The number of anilines is 1. The first-order valence-electron chi connectivity index (χ1n) is 9.47. The molecule has 1 aliphatic rings. The summed E-state index contributed by atoms with van der Waals surface area (Å²) >= 11 is 1.44. The molecule has 0 saturated carbocycles. The predicted molar refractivity (Wildman–Crippen MR) is 110 cm³/mol. The van der Waals surface area contributed by atoms with Crippen molar-refractivity contribution in [2.75, 3.05) is 11.9 Å². The maximum Gasteiger partial charge on any atom is 0.375 e. The summed E-state index contributed by atoms with van der Waals surface area (Å²) in [5, 5.41) is 13.6. The fourth-order valence-electron chi connectivity index (χ4n) is 3.69. The van der Waals surface area contributed by atoms with Crippen molar-refractivity contribution in [3.05, 3.63) is 51.6 Å². The van der Waals surface area contributed by atoms with Gasteiger partial charge in [-0.15, -0.1) is 11.3 Å². The number of thiophene rings is 1. The Morgan fingerprint density at radius 1 is 1.38 bits per heavy atom. The fraction of sp³-hybridized carbons (Fsp3) is 0.318. The number of ether oxygens (including phenoxy) is 1. The number of amides is 1. The number of furan rings is 1. The number of rotatable bonds is 4. The molecule has 2 aromatic heterocycles. The van der Waals surface area contributed by atoms with E-state index < -0.39 is 18.5 Å². The lowest BCUT2D eigenvalue weighted by Gasteiger charge is -2.17. The number of nitrogens with one attached hydrogen (secondary N) is 1. The summed E-state index contributed by atoms with van der Waals surface area (Å²) in [6.07, 6.45) is 2.82. The number of carbonyl (C=O) groups excluding carboxylic acids is 2. The van der Waals surface area contributed by atoms with E-state index in [1.54, 1.807) is 13.0 Å². The number of benzene rings is 1. The van der Waals surface area contributed by atoms with Crippen molar-refractivity contribution >= 4 is 39.2 Å². The summed E-state index contributed by atoms with van der Waals surface area (Å²) in [6.45, 7) is 3.52. The summed E-state index contributed by atoms with van der Waals surface area (Å²) < 4.78 is 10.7. The second kappa shape index (κ2) is 7.72. The minimum absolute atomic E-state index is 0.0947. The van der Waals surface area contributed by atoms with Gasteiger partial charge in [-0.2, -0.15) is 5.26 Å². The van der Waals surface area contributed by atoms with Crippen LogP contribution in [0.25, 0.3) is 11.0 Å². The summed E-state index contributed by atoms with van der Waals surface area (Å²) in [6, 6.07) is 9.53. The van der Waals surface area contributed by atoms with Crippen LogP contribution in [0.4, 0.5) is 5.00 Å². The number of esters is 1. The molecule has 1 aromatic carbocycles. The molecule has 1 aliphatic carbocycles. The molecule has 1 amide bonds. The Morgan fingerprint density at radius 2 is 2.17 bits per heavy atom. The molecule has 0 aliphatic heterocycles. The van der Waals surface area contributed by atoms with Crippen LogP contribution in [0.1, 0.15) is 45.5 Å². The van der Waals surface area contributed by atoms with Gasteiger partial charge in [0.25, 0.3) is 5.91 Å². The molecule has 0 radical (unpaired) electrons. The number of hydrogen-bond acceptors (Lipinski definition) is 6. The summed E-state index contributed by atoms with van der Waals surface area (Å²) in [5.74, 6) is -0.495. The Bertz CT molecular complexity index is 1150. The van der Waals surface area contributed by atoms with E-state index in [1.165, 1.54) is 11.3 Å². The lowest BCUT2D eigenvalue weighted by Crippen LogP contribution is -2.21. The molecule has 1 N–H and O–H groups in total. The minimum Gasteiger partial charge on any atom is -0.450 e. The number of nitriles is 1. The zero-order valence-electron chi connectivity index (χ0n) is 16.2. The molecule has 0 spiro atoms. The highest BCUT2D eigenvalue weighted by molar-refractivity contribution is 7.16. The van der Waals surface area contributed by atoms with E-state index in [0.717, 1.165) is 35.1 Å². The topological polar surface area (TPSA) is 92.3 Å². The van der Waals surface area contributed by atoms with Crippen LogP contribution >= 0.6 is 11.3 Å². The molecule has 6 nitrogen and oxygen atoms in total. The largest absolute Gasteiger partial charge is 0.450 e. The van der Waals surface area contributed by atoms with Crippen molar-refractivity contribution in [3.8, 4) is 6.07 Å². The maximum atomic E-state index is 12.4. The molecule has 0 saturated heterocycles. The van der Waals surface area contributed by atoms with Crippen LogP contribution in [-0.4, -0.2) is 18.5 Å². The molecular formula is C22H20N2O4S. The fourth-order valence-corrected chi connectivity index (χ4v) is 5.06. The quantitative estimate of drug-likeness (QED) is 0.637. The predicted octanol–water partition coefficient (Wildman–Crippen LogP) is 4.59. The Hall–Kier alpha value is -3.11. The Morgan fingerprint density at radius 3 is 2.93 bits per heavy atom. The first-order valence-corrected chi connectivity index (χ1v) is 10.3. The van der Waals surface area contributed by atoms with Crippen molar-refractivity contribution < 1.29 is 18.7 Å². The smallest absolute Gasteiger partial charge is 0.375 e. The monoisotopic (exact) mass is 408 g/mol. The number of aryl methyl sites for hydroxylation is 1. The Balaban J connectivity index is 1.43. The van der Waals surface area contributed by atoms with E-state index in [9.17, 15) is 14.9 Å². The van der Waals surface area contributed by atoms with Gasteiger partial charge in [-0.3, -0.25) is 4.79 Å². The highest BCUT2D eigenvalue weighted by atomic mass is 32.1. The molecule has 0 fully saturated rings. The van der Waals surface area contributed by atoms with Crippen LogP contribution in [0.15, 0.2) is 28.7 Å². The van der Waals surface area contributed by atoms with Gasteiger partial charge in [0.2, 0.25) is 5.76 Å². The van der Waals surface area contributed by atoms with Crippen LogP contribution in [0.2, 0.25) is 0 Å². The van der Waals surface area contributed by atoms with Crippen molar-refractivity contribution in [1.29, 1.82) is 5.26 Å². The van der Waals surface area contributed by atoms with Crippen molar-refractivity contribution in [3.63, 3.8) is 0 Å². The van der Waals surface area contributed by atoms with Crippen molar-refractivity contribution in [2.45, 2.75) is 33.1 Å². The van der Waals surface area contributed by atoms with E-state index in [4.69, 9.17) is 9.15 Å². The second-order valence-corrected chi connectivity index (χ2v) is 8.45. The highest BCUT2D eigenvalue weighted by Crippen LogP contribution is 2.39. The van der Waals surface area contributed by atoms with Crippen molar-refractivity contribution in [1.82, 2.24) is 0 Å². The first-order chi connectivity index (χ1) is 14.0. The van der Waals surface area contributed by atoms with Gasteiger partial charge in [-0.1, -0.05) is 25.1 Å². The molecule has 0 unspecified atom stereocenters. The van der Waals surface area contributed by atoms with Crippen LogP contribution in [0.5, 0.6) is 0 Å². The van der Waals surface area contributed by atoms with Gasteiger partial charge in [-0.25, -0.2) is 4.79 Å². The van der Waals surface area contributed by atoms with Gasteiger partial charge in [-0.05, 0) is 43.7 Å². The molecule has 148 valence electrons. The molecule has 1 atom stereocenters. The molecule has 7 heteroatoms. The number of hydrogen-bond donors (Lipinski definition) is 1. The van der Waals surface area contributed by atoms with Gasteiger partial charge in [0, 0.05) is 15.8 Å². The Kier molecular flexibility index (Phi) is 5.12. The highest BCUT2D eigenvalue weighted by Gasteiger charge is 2.25. The van der Waals surface area contributed by atoms with E-state index in [2.05, 4.69) is 18.3 Å². The number of carbonyl (C=O) groups is 2. The van der Waals surface area contributed by atoms with Crippen LogP contribution < -0.4 is 5.32 Å². The van der Waals surface area contributed by atoms with Gasteiger partial charge in [0.15, 0.2) is 6.61 Å². The average Bonchev–Trinajstić information content (AvgIpc) is 3.23. The Labute approximate surface area is 172 Å². The van der Waals surface area contributed by atoms with Crippen LogP contribution in [0, 0.1) is 24.2 Å². The van der Waals surface area contributed by atoms with E-state index in [1.807, 2.05) is 18.2 Å².